The predicted octanol–water partition coefficient (Wildman–Crippen LogP) is 0.574. The van der Waals surface area contributed by atoms with Crippen molar-refractivity contribution >= 4 is 5.96 Å². The van der Waals surface area contributed by atoms with Crippen LogP contribution >= 0.6 is 0 Å². The van der Waals surface area contributed by atoms with Gasteiger partial charge in [0.15, 0.2) is 0 Å². The Morgan fingerprint density at radius 3 is 2.73 bits per heavy atom. The average Bonchev–Trinajstić information content (AvgIpc) is 2.24. The summed E-state index contributed by atoms with van der Waals surface area (Å²) in [5.74, 6) is 6.12. The van der Waals surface area contributed by atoms with Gasteiger partial charge in [-0.05, 0) is 6.42 Å². The molecule has 90 valence electrons. The Labute approximate surface area is 92.7 Å². The van der Waals surface area contributed by atoms with Crippen LogP contribution in [0.4, 0.5) is 0 Å². The molecule has 0 spiro atoms. The lowest BCUT2D eigenvalue weighted by Gasteiger charge is -2.20. The average molecular weight is 216 g/mol. The topological polar surface area (TPSA) is 62.9 Å². The molecule has 0 bridgehead atoms. The molecule has 0 aromatic rings. The second-order valence-corrected chi connectivity index (χ2v) is 3.47. The van der Waals surface area contributed by atoms with Crippen molar-refractivity contribution in [3.8, 4) is 0 Å². The van der Waals surface area contributed by atoms with E-state index in [4.69, 9.17) is 10.6 Å². The van der Waals surface area contributed by atoms with Crippen molar-refractivity contribution in [1.29, 1.82) is 0 Å². The number of rotatable bonds is 7. The van der Waals surface area contributed by atoms with Gasteiger partial charge in [0, 0.05) is 20.7 Å². The highest BCUT2D eigenvalue weighted by molar-refractivity contribution is 5.79. The van der Waals surface area contributed by atoms with Crippen molar-refractivity contribution in [2.24, 2.45) is 10.8 Å². The number of aliphatic imine (C=N–C) groups is 1. The quantitative estimate of drug-likeness (QED) is 0.215. The molecule has 15 heavy (non-hydrogen) atoms. The first-order valence-electron chi connectivity index (χ1n) is 5.47. The van der Waals surface area contributed by atoms with E-state index in [1.807, 2.05) is 11.9 Å². The molecule has 0 radical (unpaired) electrons. The Balaban J connectivity index is 3.86. The number of hydrazine groups is 1. The summed E-state index contributed by atoms with van der Waals surface area (Å²) in [6.07, 6.45) is 3.62. The van der Waals surface area contributed by atoms with Gasteiger partial charge in [-0.2, -0.15) is 0 Å². The smallest absolute Gasteiger partial charge is 0.208 e. The van der Waals surface area contributed by atoms with E-state index in [2.05, 4.69) is 17.3 Å². The van der Waals surface area contributed by atoms with Crippen LogP contribution in [0.15, 0.2) is 4.99 Å². The summed E-state index contributed by atoms with van der Waals surface area (Å²) in [7, 11) is 3.65. The lowest BCUT2D eigenvalue weighted by molar-refractivity contribution is 0.207. The van der Waals surface area contributed by atoms with Gasteiger partial charge in [0.2, 0.25) is 5.96 Å². The van der Waals surface area contributed by atoms with Crippen LogP contribution in [0.5, 0.6) is 0 Å². The molecule has 0 saturated carbocycles. The molecule has 0 aliphatic carbocycles. The van der Waals surface area contributed by atoms with Gasteiger partial charge in [-0.1, -0.05) is 19.8 Å². The van der Waals surface area contributed by atoms with Crippen molar-refractivity contribution < 1.29 is 4.74 Å². The van der Waals surface area contributed by atoms with E-state index in [0.717, 1.165) is 18.9 Å². The second-order valence-electron chi connectivity index (χ2n) is 3.47. The lowest BCUT2D eigenvalue weighted by atomic mass is 10.2. The molecule has 0 aromatic heterocycles. The summed E-state index contributed by atoms with van der Waals surface area (Å²) in [6, 6.07) is 0. The van der Waals surface area contributed by atoms with Crippen molar-refractivity contribution in [3.05, 3.63) is 0 Å². The van der Waals surface area contributed by atoms with Gasteiger partial charge in [-0.3, -0.25) is 5.43 Å². The number of unbranched alkanes of at least 4 members (excludes halogenated alkanes) is 2. The molecule has 0 aliphatic heterocycles. The number of hydrogen-bond acceptors (Lipinski definition) is 3. The van der Waals surface area contributed by atoms with E-state index in [0.29, 0.717) is 13.2 Å². The third-order valence-corrected chi connectivity index (χ3v) is 2.14. The van der Waals surface area contributed by atoms with Gasteiger partial charge in [0.25, 0.3) is 0 Å². The Morgan fingerprint density at radius 2 is 2.20 bits per heavy atom. The fourth-order valence-corrected chi connectivity index (χ4v) is 1.22. The number of nitrogens with two attached hydrogens (primary N) is 1. The van der Waals surface area contributed by atoms with Gasteiger partial charge >= 0.3 is 0 Å². The lowest BCUT2D eigenvalue weighted by Crippen LogP contribution is -2.43. The molecule has 0 saturated heterocycles. The van der Waals surface area contributed by atoms with Crippen LogP contribution in [-0.2, 0) is 4.74 Å². The van der Waals surface area contributed by atoms with Crippen molar-refractivity contribution in [3.63, 3.8) is 0 Å². The van der Waals surface area contributed by atoms with Gasteiger partial charge in [0.05, 0.1) is 13.2 Å². The second kappa shape index (κ2) is 9.73. The summed E-state index contributed by atoms with van der Waals surface area (Å²) in [5.41, 5.74) is 2.61. The standard InChI is InChI=1S/C10H24N4O/c1-4-5-6-8-14(2)10(13-11)12-7-9-15-3/h4-9,11H2,1-3H3,(H,12,13). The zero-order valence-corrected chi connectivity index (χ0v) is 10.1. The maximum absolute atomic E-state index is 5.40. The van der Waals surface area contributed by atoms with Crippen molar-refractivity contribution in [2.75, 3.05) is 33.9 Å². The minimum atomic E-state index is 0.619. The summed E-state index contributed by atoms with van der Waals surface area (Å²) in [5, 5.41) is 0. The van der Waals surface area contributed by atoms with E-state index in [1.165, 1.54) is 12.8 Å². The molecule has 0 aliphatic rings. The van der Waals surface area contributed by atoms with E-state index >= 15 is 0 Å². The van der Waals surface area contributed by atoms with Gasteiger partial charge in [-0.25, -0.2) is 10.8 Å². The Morgan fingerprint density at radius 1 is 1.47 bits per heavy atom. The summed E-state index contributed by atoms with van der Waals surface area (Å²) >= 11 is 0. The first-order valence-corrected chi connectivity index (χ1v) is 5.47. The minimum absolute atomic E-state index is 0.619. The fourth-order valence-electron chi connectivity index (χ4n) is 1.22. The number of methoxy groups -OCH3 is 1. The normalized spacial score (nSPS) is 11.6. The van der Waals surface area contributed by atoms with Crippen LogP contribution in [0.1, 0.15) is 26.2 Å². The maximum Gasteiger partial charge on any atom is 0.208 e. The first kappa shape index (κ1) is 14.2. The van der Waals surface area contributed by atoms with E-state index in [1.54, 1.807) is 7.11 Å². The van der Waals surface area contributed by atoms with E-state index in [9.17, 15) is 0 Å². The zero-order chi connectivity index (χ0) is 11.5. The number of nitrogens with zero attached hydrogens (tertiary/aromatic N) is 2. The molecule has 0 unspecified atom stereocenters. The molecular formula is C10H24N4O. The van der Waals surface area contributed by atoms with Gasteiger partial charge in [0.1, 0.15) is 0 Å². The number of guanidine groups is 1. The van der Waals surface area contributed by atoms with Crippen molar-refractivity contribution in [1.82, 2.24) is 10.3 Å². The maximum atomic E-state index is 5.40. The number of ether oxygens (including phenoxy) is 1. The fraction of sp³-hybridized carbons (Fsp3) is 0.900. The van der Waals surface area contributed by atoms with Gasteiger partial charge < -0.3 is 9.64 Å². The molecule has 0 amide bonds. The van der Waals surface area contributed by atoms with Crippen LogP contribution in [0.25, 0.3) is 0 Å². The highest BCUT2D eigenvalue weighted by Gasteiger charge is 2.02. The highest BCUT2D eigenvalue weighted by Crippen LogP contribution is 1.96. The van der Waals surface area contributed by atoms with Crippen molar-refractivity contribution in [2.45, 2.75) is 26.2 Å². The molecule has 0 fully saturated rings. The number of nitrogens with one attached hydrogen (secondary N) is 1. The third kappa shape index (κ3) is 7.16. The van der Waals surface area contributed by atoms with E-state index in [-0.39, 0.29) is 0 Å². The minimum Gasteiger partial charge on any atom is -0.383 e. The zero-order valence-electron chi connectivity index (χ0n) is 10.1. The third-order valence-electron chi connectivity index (χ3n) is 2.14. The van der Waals surface area contributed by atoms with E-state index < -0.39 is 0 Å². The molecule has 0 aromatic carbocycles. The first-order chi connectivity index (χ1) is 7.26. The van der Waals surface area contributed by atoms with Crippen LogP contribution < -0.4 is 11.3 Å². The Bertz CT molecular complexity index is 173. The van der Waals surface area contributed by atoms with Crippen LogP contribution in [0.3, 0.4) is 0 Å². The summed E-state index contributed by atoms with van der Waals surface area (Å²) < 4.78 is 4.92. The molecule has 0 atom stereocenters. The van der Waals surface area contributed by atoms with Gasteiger partial charge in [-0.15, -0.1) is 0 Å². The largest absolute Gasteiger partial charge is 0.383 e. The molecular weight excluding hydrogens is 192 g/mol. The Hall–Kier alpha value is -0.810. The van der Waals surface area contributed by atoms with Crippen LogP contribution in [0, 0.1) is 0 Å². The molecule has 0 heterocycles. The SMILES string of the molecule is CCCCCN(C)C(=NCCOC)NN. The molecule has 3 N–H and O–H groups in total. The summed E-state index contributed by atoms with van der Waals surface area (Å²) in [6.45, 7) is 4.42. The summed E-state index contributed by atoms with van der Waals surface area (Å²) in [4.78, 5) is 6.33. The predicted molar refractivity (Wildman–Crippen MR) is 63.7 cm³/mol. The highest BCUT2D eigenvalue weighted by atomic mass is 16.5. The molecule has 0 rings (SSSR count). The molecule has 5 heteroatoms. The number of hydrogen-bond donors (Lipinski definition) is 2. The van der Waals surface area contributed by atoms with Crippen LogP contribution in [0.2, 0.25) is 0 Å². The Kier molecular flexibility index (Phi) is 9.21. The van der Waals surface area contributed by atoms with Crippen LogP contribution in [-0.4, -0.2) is 44.7 Å². The molecule has 5 nitrogen and oxygen atoms in total. The monoisotopic (exact) mass is 216 g/mol.